The van der Waals surface area contributed by atoms with Gasteiger partial charge in [-0.05, 0) is 72.0 Å². The molecule has 0 aromatic rings. The maximum Gasteiger partial charge on any atom is 0.303 e. The molecule has 0 radical (unpaired) electrons. The standard InChI is InChI=1S/C27H51N3O5/c1-4-5-6-7-8-9-11-17-24(18-13-14-21-27(34)35)30(23-15-10-12-20-26(32)33)28-25(31)19-16-22-29(2)3/h9,11,24H,4-8,10,12-23H2,1-3H3,(H,28,31)(H,32,33)(H,34,35)/b11-9-. The van der Waals surface area contributed by atoms with Crippen molar-refractivity contribution >= 4 is 17.8 Å². The van der Waals surface area contributed by atoms with Gasteiger partial charge in [-0.15, -0.1) is 0 Å². The summed E-state index contributed by atoms with van der Waals surface area (Å²) in [6.07, 6.45) is 17.2. The summed E-state index contributed by atoms with van der Waals surface area (Å²) in [7, 11) is 3.98. The number of nitrogens with one attached hydrogen (secondary N) is 1. The highest BCUT2D eigenvalue weighted by Gasteiger charge is 2.19. The number of amides is 1. The Bertz CT molecular complexity index is 595. The van der Waals surface area contributed by atoms with Crippen LogP contribution >= 0.6 is 0 Å². The van der Waals surface area contributed by atoms with Crippen molar-refractivity contribution in [2.24, 2.45) is 0 Å². The van der Waals surface area contributed by atoms with E-state index in [0.717, 1.165) is 51.5 Å². The van der Waals surface area contributed by atoms with E-state index < -0.39 is 11.9 Å². The predicted molar refractivity (Wildman–Crippen MR) is 141 cm³/mol. The molecule has 1 unspecified atom stereocenters. The molecule has 1 amide bonds. The van der Waals surface area contributed by atoms with E-state index >= 15 is 0 Å². The normalized spacial score (nSPS) is 12.5. The van der Waals surface area contributed by atoms with E-state index in [0.29, 0.717) is 25.8 Å². The average Bonchev–Trinajstić information content (AvgIpc) is 2.78. The van der Waals surface area contributed by atoms with E-state index in [2.05, 4.69) is 29.4 Å². The van der Waals surface area contributed by atoms with Gasteiger partial charge in [0.1, 0.15) is 0 Å². The van der Waals surface area contributed by atoms with Crippen LogP contribution in [0.1, 0.15) is 110 Å². The second-order valence-electron chi connectivity index (χ2n) is 9.69. The van der Waals surface area contributed by atoms with Gasteiger partial charge in [-0.3, -0.25) is 19.8 Å². The summed E-state index contributed by atoms with van der Waals surface area (Å²) >= 11 is 0. The first-order chi connectivity index (χ1) is 16.8. The number of carbonyl (C=O) groups is 3. The lowest BCUT2D eigenvalue weighted by Crippen LogP contribution is -2.49. The molecule has 1 atom stereocenters. The molecule has 0 aliphatic heterocycles. The molecular formula is C27H51N3O5. The minimum absolute atomic E-state index is 0.00327. The fourth-order valence-corrected chi connectivity index (χ4v) is 3.95. The summed E-state index contributed by atoms with van der Waals surface area (Å²) in [5.41, 5.74) is 3.12. The molecule has 0 aliphatic carbocycles. The van der Waals surface area contributed by atoms with E-state index in [-0.39, 0.29) is 24.8 Å². The Morgan fingerprint density at radius 2 is 1.43 bits per heavy atom. The Labute approximate surface area is 213 Å². The molecule has 0 saturated carbocycles. The van der Waals surface area contributed by atoms with Gasteiger partial charge in [0.2, 0.25) is 5.91 Å². The van der Waals surface area contributed by atoms with Crippen LogP contribution in [-0.2, 0) is 14.4 Å². The molecule has 0 spiro atoms. The highest BCUT2D eigenvalue weighted by Crippen LogP contribution is 2.16. The molecule has 0 aromatic heterocycles. The van der Waals surface area contributed by atoms with E-state index in [9.17, 15) is 14.4 Å². The molecule has 8 nitrogen and oxygen atoms in total. The second-order valence-corrected chi connectivity index (χ2v) is 9.69. The van der Waals surface area contributed by atoms with Crippen LogP contribution in [0.2, 0.25) is 0 Å². The number of hydrogen-bond donors (Lipinski definition) is 3. The molecule has 0 rings (SSSR count). The number of rotatable bonds is 24. The smallest absolute Gasteiger partial charge is 0.303 e. The molecule has 0 fully saturated rings. The number of aliphatic carboxylic acids is 2. The lowest BCUT2D eigenvalue weighted by Gasteiger charge is -2.32. The summed E-state index contributed by atoms with van der Waals surface area (Å²) in [5.74, 6) is -1.56. The third-order valence-electron chi connectivity index (χ3n) is 5.99. The summed E-state index contributed by atoms with van der Waals surface area (Å²) < 4.78 is 0. The highest BCUT2D eigenvalue weighted by molar-refractivity contribution is 5.75. The molecule has 35 heavy (non-hydrogen) atoms. The molecule has 204 valence electrons. The Morgan fingerprint density at radius 1 is 0.771 bits per heavy atom. The van der Waals surface area contributed by atoms with Gasteiger partial charge in [0, 0.05) is 31.8 Å². The average molecular weight is 498 g/mol. The van der Waals surface area contributed by atoms with Crippen molar-refractivity contribution in [1.82, 2.24) is 15.3 Å². The molecular weight excluding hydrogens is 446 g/mol. The van der Waals surface area contributed by atoms with Gasteiger partial charge in [-0.25, -0.2) is 5.01 Å². The number of carbonyl (C=O) groups excluding carboxylic acids is 1. The minimum atomic E-state index is -0.781. The summed E-state index contributed by atoms with van der Waals surface area (Å²) in [5, 5.41) is 19.9. The van der Waals surface area contributed by atoms with Crippen LogP contribution in [-0.4, -0.2) is 71.2 Å². The SMILES string of the molecule is CCCCCC/C=C\CC(CCCCC(=O)O)N(CCCCCC(=O)O)NC(=O)CCCN(C)C. The maximum absolute atomic E-state index is 12.7. The van der Waals surface area contributed by atoms with Crippen LogP contribution in [0.4, 0.5) is 0 Å². The van der Waals surface area contributed by atoms with Crippen molar-refractivity contribution in [3.05, 3.63) is 12.2 Å². The van der Waals surface area contributed by atoms with Gasteiger partial charge in [0.25, 0.3) is 0 Å². The van der Waals surface area contributed by atoms with E-state index in [1.807, 2.05) is 19.1 Å². The summed E-state index contributed by atoms with van der Waals surface area (Å²) in [6, 6.07) is 0.0907. The molecule has 0 aromatic carbocycles. The highest BCUT2D eigenvalue weighted by atomic mass is 16.4. The monoisotopic (exact) mass is 497 g/mol. The van der Waals surface area contributed by atoms with Crippen molar-refractivity contribution in [2.75, 3.05) is 27.2 Å². The van der Waals surface area contributed by atoms with Crippen LogP contribution in [0.15, 0.2) is 12.2 Å². The Morgan fingerprint density at radius 3 is 2.06 bits per heavy atom. The molecule has 0 saturated heterocycles. The number of carboxylic acid groups (broad SMARTS) is 2. The minimum Gasteiger partial charge on any atom is -0.481 e. The molecule has 0 aliphatic rings. The topological polar surface area (TPSA) is 110 Å². The van der Waals surface area contributed by atoms with E-state index in [1.54, 1.807) is 0 Å². The first-order valence-electron chi connectivity index (χ1n) is 13.6. The molecule has 8 heteroatoms. The second kappa shape index (κ2) is 22.5. The van der Waals surface area contributed by atoms with Gasteiger partial charge in [-0.2, -0.15) is 0 Å². The number of hydrogen-bond acceptors (Lipinski definition) is 5. The maximum atomic E-state index is 12.7. The lowest BCUT2D eigenvalue weighted by atomic mass is 10.0. The number of carboxylic acids is 2. The molecule has 0 heterocycles. The zero-order chi connectivity index (χ0) is 26.3. The number of nitrogens with zero attached hydrogens (tertiary/aromatic N) is 2. The summed E-state index contributed by atoms with van der Waals surface area (Å²) in [6.45, 7) is 3.71. The Hall–Kier alpha value is -1.93. The van der Waals surface area contributed by atoms with Crippen LogP contribution in [0, 0.1) is 0 Å². The molecule has 0 bridgehead atoms. The zero-order valence-electron chi connectivity index (χ0n) is 22.5. The quantitative estimate of drug-likeness (QED) is 0.0950. The van der Waals surface area contributed by atoms with Gasteiger partial charge in [0.15, 0.2) is 0 Å². The number of allylic oxidation sites excluding steroid dienone is 1. The summed E-state index contributed by atoms with van der Waals surface area (Å²) in [4.78, 5) is 36.4. The Balaban J connectivity index is 5.07. The van der Waals surface area contributed by atoms with Gasteiger partial charge in [0.05, 0.1) is 0 Å². The van der Waals surface area contributed by atoms with Crippen LogP contribution < -0.4 is 5.43 Å². The van der Waals surface area contributed by atoms with Gasteiger partial charge >= 0.3 is 11.9 Å². The van der Waals surface area contributed by atoms with Crippen molar-refractivity contribution in [1.29, 1.82) is 0 Å². The largest absolute Gasteiger partial charge is 0.481 e. The fraction of sp³-hybridized carbons (Fsp3) is 0.815. The van der Waals surface area contributed by atoms with Gasteiger partial charge in [-0.1, -0.05) is 51.2 Å². The van der Waals surface area contributed by atoms with E-state index in [1.165, 1.54) is 25.7 Å². The van der Waals surface area contributed by atoms with Crippen LogP contribution in [0.5, 0.6) is 0 Å². The van der Waals surface area contributed by atoms with Crippen LogP contribution in [0.25, 0.3) is 0 Å². The van der Waals surface area contributed by atoms with Crippen molar-refractivity contribution in [2.45, 2.75) is 116 Å². The van der Waals surface area contributed by atoms with Crippen molar-refractivity contribution in [3.8, 4) is 0 Å². The first kappa shape index (κ1) is 33.1. The zero-order valence-corrected chi connectivity index (χ0v) is 22.5. The fourth-order valence-electron chi connectivity index (χ4n) is 3.95. The number of hydrazine groups is 1. The van der Waals surface area contributed by atoms with E-state index in [4.69, 9.17) is 10.2 Å². The van der Waals surface area contributed by atoms with Crippen molar-refractivity contribution in [3.63, 3.8) is 0 Å². The third-order valence-corrected chi connectivity index (χ3v) is 5.99. The first-order valence-corrected chi connectivity index (χ1v) is 13.6. The number of unbranched alkanes of at least 4 members (excludes halogenated alkanes) is 7. The van der Waals surface area contributed by atoms with Crippen molar-refractivity contribution < 1.29 is 24.6 Å². The van der Waals surface area contributed by atoms with Crippen LogP contribution in [0.3, 0.4) is 0 Å². The Kier molecular flexibility index (Phi) is 21.3. The third kappa shape index (κ3) is 22.3. The lowest BCUT2D eigenvalue weighted by molar-refractivity contribution is -0.138. The molecule has 3 N–H and O–H groups in total. The van der Waals surface area contributed by atoms with Gasteiger partial charge < -0.3 is 15.1 Å². The predicted octanol–water partition coefficient (Wildman–Crippen LogP) is 5.24.